The Bertz CT molecular complexity index is 349. The summed E-state index contributed by atoms with van der Waals surface area (Å²) >= 11 is 3.22. The summed E-state index contributed by atoms with van der Waals surface area (Å²) in [6, 6.07) is 3.61. The second kappa shape index (κ2) is 4.39. The molecule has 0 aliphatic heterocycles. The van der Waals surface area contributed by atoms with Crippen LogP contribution in [0.3, 0.4) is 0 Å². The Labute approximate surface area is 97.6 Å². The Balaban J connectivity index is 2.96. The van der Waals surface area contributed by atoms with Crippen molar-refractivity contribution in [3.63, 3.8) is 0 Å². The molecule has 0 bridgehead atoms. The zero-order valence-electron chi connectivity index (χ0n) is 9.08. The fraction of sp³-hybridized carbons (Fsp3) is 0.545. The molecule has 0 aliphatic carbocycles. The molecule has 1 N–H and O–H groups in total. The zero-order valence-corrected chi connectivity index (χ0v) is 10.7. The summed E-state index contributed by atoms with van der Waals surface area (Å²) in [4.78, 5) is 10.8. The van der Waals surface area contributed by atoms with Crippen molar-refractivity contribution in [1.82, 2.24) is 0 Å². The van der Waals surface area contributed by atoms with Crippen molar-refractivity contribution in [3.05, 3.63) is 22.6 Å². The van der Waals surface area contributed by atoms with E-state index < -0.39 is 5.97 Å². The molecule has 1 unspecified atom stereocenters. The fourth-order valence-electron chi connectivity index (χ4n) is 1.52. The second-order valence-corrected chi connectivity index (χ2v) is 5.44. The van der Waals surface area contributed by atoms with Gasteiger partial charge in [0.05, 0.1) is 6.42 Å². The molecule has 4 heteroatoms. The molecule has 1 aromatic heterocycles. The van der Waals surface area contributed by atoms with Crippen LogP contribution in [-0.4, -0.2) is 11.1 Å². The summed E-state index contributed by atoms with van der Waals surface area (Å²) in [7, 11) is 0. The normalized spacial score (nSPS) is 13.9. The van der Waals surface area contributed by atoms with E-state index in [4.69, 9.17) is 9.52 Å². The van der Waals surface area contributed by atoms with Gasteiger partial charge in [0, 0.05) is 5.92 Å². The number of aliphatic carboxylic acids is 1. The van der Waals surface area contributed by atoms with Gasteiger partial charge in [-0.2, -0.15) is 0 Å². The van der Waals surface area contributed by atoms with E-state index in [0.717, 1.165) is 5.76 Å². The maximum absolute atomic E-state index is 10.8. The first-order valence-electron chi connectivity index (χ1n) is 4.77. The van der Waals surface area contributed by atoms with Crippen molar-refractivity contribution >= 4 is 21.9 Å². The van der Waals surface area contributed by atoms with Crippen LogP contribution in [0.15, 0.2) is 21.2 Å². The van der Waals surface area contributed by atoms with Gasteiger partial charge in [0.25, 0.3) is 0 Å². The minimum atomic E-state index is -0.803. The van der Waals surface area contributed by atoms with E-state index in [2.05, 4.69) is 15.9 Å². The molecular formula is C11H15BrO3. The smallest absolute Gasteiger partial charge is 0.304 e. The average Bonchev–Trinajstić information content (AvgIpc) is 2.45. The molecule has 0 aromatic carbocycles. The summed E-state index contributed by atoms with van der Waals surface area (Å²) in [6.07, 6.45) is 0.0868. The highest BCUT2D eigenvalue weighted by atomic mass is 79.9. The van der Waals surface area contributed by atoms with Crippen LogP contribution in [0.1, 0.15) is 38.9 Å². The number of carboxylic acids is 1. The highest BCUT2D eigenvalue weighted by Gasteiger charge is 2.30. The predicted molar refractivity (Wildman–Crippen MR) is 60.9 cm³/mol. The Morgan fingerprint density at radius 1 is 1.53 bits per heavy atom. The van der Waals surface area contributed by atoms with Crippen LogP contribution >= 0.6 is 15.9 Å². The Morgan fingerprint density at radius 3 is 2.47 bits per heavy atom. The minimum absolute atomic E-state index is 0.0868. The maximum Gasteiger partial charge on any atom is 0.304 e. The monoisotopic (exact) mass is 274 g/mol. The maximum atomic E-state index is 10.8. The molecule has 3 nitrogen and oxygen atoms in total. The van der Waals surface area contributed by atoms with Gasteiger partial charge in [0.2, 0.25) is 0 Å². The largest absolute Gasteiger partial charge is 0.481 e. The summed E-state index contributed by atoms with van der Waals surface area (Å²) < 4.78 is 6.06. The molecule has 0 radical (unpaired) electrons. The SMILES string of the molecule is CC(C)(C)C(CC(=O)O)c1ccc(Br)o1. The van der Waals surface area contributed by atoms with E-state index >= 15 is 0 Å². The summed E-state index contributed by atoms with van der Waals surface area (Å²) in [6.45, 7) is 6.03. The van der Waals surface area contributed by atoms with Crippen LogP contribution in [0.5, 0.6) is 0 Å². The van der Waals surface area contributed by atoms with Gasteiger partial charge in [-0.15, -0.1) is 0 Å². The third-order valence-corrected chi connectivity index (χ3v) is 2.79. The molecule has 1 aromatic rings. The van der Waals surface area contributed by atoms with Gasteiger partial charge in [-0.05, 0) is 33.5 Å². The Morgan fingerprint density at radius 2 is 2.13 bits per heavy atom. The van der Waals surface area contributed by atoms with Crippen LogP contribution < -0.4 is 0 Å². The molecule has 1 rings (SSSR count). The first kappa shape index (κ1) is 12.3. The van der Waals surface area contributed by atoms with Gasteiger partial charge >= 0.3 is 5.97 Å². The predicted octanol–water partition coefficient (Wildman–Crippen LogP) is 3.65. The van der Waals surface area contributed by atoms with Crippen molar-refractivity contribution in [2.75, 3.05) is 0 Å². The van der Waals surface area contributed by atoms with Crippen LogP contribution in [0.2, 0.25) is 0 Å². The molecule has 0 saturated carbocycles. The van der Waals surface area contributed by atoms with E-state index in [1.807, 2.05) is 26.8 Å². The number of furan rings is 1. The summed E-state index contributed by atoms with van der Waals surface area (Å²) in [5, 5.41) is 8.86. The Hall–Kier alpha value is -0.770. The summed E-state index contributed by atoms with van der Waals surface area (Å²) in [5.41, 5.74) is -0.129. The van der Waals surface area contributed by atoms with Gasteiger partial charge in [-0.25, -0.2) is 0 Å². The standard InChI is InChI=1S/C11H15BrO3/c1-11(2,3)7(6-10(13)14)8-4-5-9(12)15-8/h4-5,7H,6H2,1-3H3,(H,13,14). The van der Waals surface area contributed by atoms with Crippen molar-refractivity contribution < 1.29 is 14.3 Å². The highest BCUT2D eigenvalue weighted by molar-refractivity contribution is 9.10. The average molecular weight is 275 g/mol. The number of rotatable bonds is 3. The third kappa shape index (κ3) is 3.38. The van der Waals surface area contributed by atoms with Crippen LogP contribution in [0, 0.1) is 5.41 Å². The molecule has 0 fully saturated rings. The molecule has 15 heavy (non-hydrogen) atoms. The van der Waals surface area contributed by atoms with Crippen molar-refractivity contribution in [3.8, 4) is 0 Å². The quantitative estimate of drug-likeness (QED) is 0.916. The first-order chi connectivity index (χ1) is 6.80. The molecule has 0 aliphatic rings. The highest BCUT2D eigenvalue weighted by Crippen LogP contribution is 2.39. The van der Waals surface area contributed by atoms with Gasteiger partial charge in [-0.1, -0.05) is 20.8 Å². The first-order valence-corrected chi connectivity index (χ1v) is 5.57. The molecule has 0 amide bonds. The van der Waals surface area contributed by atoms with E-state index in [0.29, 0.717) is 4.67 Å². The lowest BCUT2D eigenvalue weighted by Gasteiger charge is -2.27. The second-order valence-electron chi connectivity index (χ2n) is 4.66. The fourth-order valence-corrected chi connectivity index (χ4v) is 1.84. The van der Waals surface area contributed by atoms with E-state index in [9.17, 15) is 4.79 Å². The summed E-state index contributed by atoms with van der Waals surface area (Å²) in [5.74, 6) is -0.194. The van der Waals surface area contributed by atoms with E-state index in [1.54, 1.807) is 6.07 Å². The van der Waals surface area contributed by atoms with Crippen molar-refractivity contribution in [2.24, 2.45) is 5.41 Å². The molecule has 0 saturated heterocycles. The van der Waals surface area contributed by atoms with Crippen LogP contribution in [-0.2, 0) is 4.79 Å². The lowest BCUT2D eigenvalue weighted by Crippen LogP contribution is -2.21. The topological polar surface area (TPSA) is 50.4 Å². The number of carboxylic acid groups (broad SMARTS) is 1. The van der Waals surface area contributed by atoms with Gasteiger partial charge in [-0.3, -0.25) is 4.79 Å². The number of halogens is 1. The molecule has 0 spiro atoms. The van der Waals surface area contributed by atoms with E-state index in [-0.39, 0.29) is 17.8 Å². The molecule has 1 atom stereocenters. The van der Waals surface area contributed by atoms with E-state index in [1.165, 1.54) is 0 Å². The van der Waals surface area contributed by atoms with Gasteiger partial charge in [0.15, 0.2) is 4.67 Å². The van der Waals surface area contributed by atoms with Crippen molar-refractivity contribution in [1.29, 1.82) is 0 Å². The number of hydrogen-bond acceptors (Lipinski definition) is 2. The number of hydrogen-bond donors (Lipinski definition) is 1. The third-order valence-electron chi connectivity index (χ3n) is 2.36. The molecule has 1 heterocycles. The lowest BCUT2D eigenvalue weighted by molar-refractivity contribution is -0.138. The minimum Gasteiger partial charge on any atom is -0.481 e. The number of carbonyl (C=O) groups is 1. The molecular weight excluding hydrogens is 260 g/mol. The van der Waals surface area contributed by atoms with Gasteiger partial charge in [0.1, 0.15) is 5.76 Å². The zero-order chi connectivity index (χ0) is 11.6. The van der Waals surface area contributed by atoms with Crippen molar-refractivity contribution in [2.45, 2.75) is 33.1 Å². The molecule has 84 valence electrons. The van der Waals surface area contributed by atoms with Crippen LogP contribution in [0.25, 0.3) is 0 Å². The Kier molecular flexibility index (Phi) is 3.60. The van der Waals surface area contributed by atoms with Crippen LogP contribution in [0.4, 0.5) is 0 Å². The lowest BCUT2D eigenvalue weighted by atomic mass is 9.77. The van der Waals surface area contributed by atoms with Gasteiger partial charge < -0.3 is 9.52 Å².